The highest BCUT2D eigenvalue weighted by molar-refractivity contribution is 7.98. The number of fused-ring (bicyclic) bond motifs is 1. The summed E-state index contributed by atoms with van der Waals surface area (Å²) in [7, 11) is 3.75. The molecule has 9 heteroatoms. The zero-order valence-corrected chi connectivity index (χ0v) is 20.0. The van der Waals surface area contributed by atoms with Crippen LogP contribution < -0.4 is 9.64 Å². The second-order valence-electron chi connectivity index (χ2n) is 8.17. The Balaban J connectivity index is 1.51. The van der Waals surface area contributed by atoms with Gasteiger partial charge < -0.3 is 19.5 Å². The Morgan fingerprint density at radius 3 is 2.50 bits per heavy atom. The fourth-order valence-electron chi connectivity index (χ4n) is 4.01. The number of nitrogens with one attached hydrogen (secondary N) is 1. The van der Waals surface area contributed by atoms with Gasteiger partial charge in [0.1, 0.15) is 23.2 Å². The van der Waals surface area contributed by atoms with Crippen molar-refractivity contribution in [3.05, 3.63) is 59.9 Å². The number of nitrogens with zero attached hydrogens (tertiary/aromatic N) is 6. The van der Waals surface area contributed by atoms with Crippen molar-refractivity contribution >= 4 is 28.6 Å². The van der Waals surface area contributed by atoms with E-state index in [1.54, 1.807) is 7.11 Å². The molecule has 0 bridgehead atoms. The molecule has 34 heavy (non-hydrogen) atoms. The Bertz CT molecular complexity index is 1300. The van der Waals surface area contributed by atoms with E-state index >= 15 is 0 Å². The highest BCUT2D eigenvalue weighted by Gasteiger charge is 2.23. The Labute approximate surface area is 202 Å². The van der Waals surface area contributed by atoms with Gasteiger partial charge in [0.05, 0.1) is 29.6 Å². The number of para-hydroxylation sites is 2. The van der Waals surface area contributed by atoms with E-state index < -0.39 is 0 Å². The number of piperazine rings is 1. The average Bonchev–Trinajstić information content (AvgIpc) is 3.30. The molecule has 172 valence electrons. The highest BCUT2D eigenvalue weighted by Crippen LogP contribution is 2.33. The van der Waals surface area contributed by atoms with Crippen LogP contribution >= 0.6 is 11.8 Å². The Morgan fingerprint density at radius 2 is 1.79 bits per heavy atom. The van der Waals surface area contributed by atoms with Crippen molar-refractivity contribution in [2.45, 2.75) is 10.9 Å². The molecule has 0 amide bonds. The molecule has 4 aromatic rings. The molecule has 3 heterocycles. The maximum absolute atomic E-state index is 10.1. The molecule has 1 N–H and O–H groups in total. The van der Waals surface area contributed by atoms with Crippen molar-refractivity contribution in [2.24, 2.45) is 0 Å². The minimum absolute atomic E-state index is 0.503. The van der Waals surface area contributed by atoms with Crippen LogP contribution in [0.4, 0.5) is 5.82 Å². The summed E-state index contributed by atoms with van der Waals surface area (Å²) in [6.07, 6.45) is 0. The van der Waals surface area contributed by atoms with Gasteiger partial charge in [0, 0.05) is 31.7 Å². The quantitative estimate of drug-likeness (QED) is 0.334. The summed E-state index contributed by atoms with van der Waals surface area (Å²) in [6.45, 7) is 3.48. The lowest BCUT2D eigenvalue weighted by molar-refractivity contribution is 0.311. The number of aromatic amines is 1. The predicted octanol–water partition coefficient (Wildman–Crippen LogP) is 3.94. The van der Waals surface area contributed by atoms with Crippen LogP contribution in [0.1, 0.15) is 11.4 Å². The largest absolute Gasteiger partial charge is 0.497 e. The Kier molecular flexibility index (Phi) is 6.34. The standard InChI is InChI=1S/C25H25N7OS/c1-31-11-13-32(14-12-31)24-19(15-26)23(17-7-9-18(33-2)10-8-17)29-25(30-24)34-16-22-27-20-5-3-4-6-21(20)28-22/h3-10H,11-14,16H2,1-2H3,(H,27,28). The minimum atomic E-state index is 0.503. The molecule has 0 aliphatic carbocycles. The second kappa shape index (κ2) is 9.71. The van der Waals surface area contributed by atoms with E-state index in [0.717, 1.165) is 54.3 Å². The normalized spacial score (nSPS) is 14.3. The molecule has 1 saturated heterocycles. The van der Waals surface area contributed by atoms with Gasteiger partial charge in [-0.15, -0.1) is 0 Å². The van der Waals surface area contributed by atoms with Crippen LogP contribution in [0, 0.1) is 11.3 Å². The summed E-state index contributed by atoms with van der Waals surface area (Å²) in [4.78, 5) is 22.2. The zero-order chi connectivity index (χ0) is 23.5. The monoisotopic (exact) mass is 471 g/mol. The fourth-order valence-corrected chi connectivity index (χ4v) is 4.72. The SMILES string of the molecule is COc1ccc(-c2nc(SCc3nc4ccccc4[nH]3)nc(N3CCN(C)CC3)c2C#N)cc1. The zero-order valence-electron chi connectivity index (χ0n) is 19.2. The molecule has 0 radical (unpaired) electrons. The first-order chi connectivity index (χ1) is 16.6. The summed E-state index contributed by atoms with van der Waals surface area (Å²) in [6, 6.07) is 18.0. The van der Waals surface area contributed by atoms with Gasteiger partial charge in [-0.2, -0.15) is 5.26 Å². The fraction of sp³-hybridized carbons (Fsp3) is 0.280. The molecular formula is C25H25N7OS. The average molecular weight is 472 g/mol. The molecule has 0 saturated carbocycles. The van der Waals surface area contributed by atoms with E-state index in [4.69, 9.17) is 14.7 Å². The summed E-state index contributed by atoms with van der Waals surface area (Å²) in [5, 5.41) is 10.7. The third kappa shape index (κ3) is 4.55. The van der Waals surface area contributed by atoms with Crippen molar-refractivity contribution in [3.63, 3.8) is 0 Å². The molecule has 8 nitrogen and oxygen atoms in total. The van der Waals surface area contributed by atoms with Crippen LogP contribution in [0.3, 0.4) is 0 Å². The highest BCUT2D eigenvalue weighted by atomic mass is 32.2. The summed E-state index contributed by atoms with van der Waals surface area (Å²) >= 11 is 1.52. The maximum atomic E-state index is 10.1. The number of anilines is 1. The van der Waals surface area contributed by atoms with Crippen LogP contribution in [-0.4, -0.2) is 65.2 Å². The lowest BCUT2D eigenvalue weighted by atomic mass is 10.1. The smallest absolute Gasteiger partial charge is 0.190 e. The van der Waals surface area contributed by atoms with E-state index in [0.29, 0.717) is 28.0 Å². The number of thioether (sulfide) groups is 1. The first-order valence-electron chi connectivity index (χ1n) is 11.1. The minimum Gasteiger partial charge on any atom is -0.497 e. The molecule has 0 unspecified atom stereocenters. The summed E-state index contributed by atoms with van der Waals surface area (Å²) < 4.78 is 5.30. The molecule has 0 atom stereocenters. The molecule has 1 fully saturated rings. The number of H-pyrrole nitrogens is 1. The van der Waals surface area contributed by atoms with Crippen LogP contribution in [-0.2, 0) is 5.75 Å². The molecular weight excluding hydrogens is 446 g/mol. The van der Waals surface area contributed by atoms with Crippen LogP contribution in [0.2, 0.25) is 0 Å². The van der Waals surface area contributed by atoms with Gasteiger partial charge in [0.2, 0.25) is 0 Å². The van der Waals surface area contributed by atoms with Crippen molar-refractivity contribution < 1.29 is 4.74 Å². The summed E-state index contributed by atoms with van der Waals surface area (Å²) in [5.74, 6) is 2.93. The first kappa shape index (κ1) is 22.2. The molecule has 2 aromatic carbocycles. The van der Waals surface area contributed by atoms with E-state index in [9.17, 15) is 5.26 Å². The number of benzene rings is 2. The Hall–Kier alpha value is -3.61. The number of hydrogen-bond acceptors (Lipinski definition) is 8. The van der Waals surface area contributed by atoms with E-state index in [1.165, 1.54) is 11.8 Å². The number of methoxy groups -OCH3 is 1. The molecule has 0 spiro atoms. The lowest BCUT2D eigenvalue weighted by Crippen LogP contribution is -2.45. The van der Waals surface area contributed by atoms with Crippen LogP contribution in [0.25, 0.3) is 22.3 Å². The third-order valence-electron chi connectivity index (χ3n) is 5.92. The molecule has 1 aliphatic rings. The number of ether oxygens (including phenoxy) is 1. The van der Waals surface area contributed by atoms with Gasteiger partial charge in [-0.25, -0.2) is 15.0 Å². The van der Waals surface area contributed by atoms with Gasteiger partial charge in [-0.1, -0.05) is 23.9 Å². The molecule has 5 rings (SSSR count). The third-order valence-corrected chi connectivity index (χ3v) is 6.78. The lowest BCUT2D eigenvalue weighted by Gasteiger charge is -2.34. The number of imidazole rings is 1. The van der Waals surface area contributed by atoms with E-state index in [2.05, 4.69) is 32.9 Å². The second-order valence-corrected chi connectivity index (χ2v) is 9.12. The van der Waals surface area contributed by atoms with Gasteiger partial charge in [0.15, 0.2) is 11.0 Å². The first-order valence-corrected chi connectivity index (χ1v) is 12.1. The number of nitriles is 1. The van der Waals surface area contributed by atoms with Crippen molar-refractivity contribution in [2.75, 3.05) is 45.2 Å². The van der Waals surface area contributed by atoms with Gasteiger partial charge in [-0.05, 0) is 43.4 Å². The van der Waals surface area contributed by atoms with E-state index in [-0.39, 0.29) is 0 Å². The van der Waals surface area contributed by atoms with Crippen LogP contribution in [0.5, 0.6) is 5.75 Å². The number of hydrogen-bond donors (Lipinski definition) is 1. The Morgan fingerprint density at radius 1 is 1.03 bits per heavy atom. The molecule has 1 aliphatic heterocycles. The number of aromatic nitrogens is 4. The number of rotatable bonds is 6. The summed E-state index contributed by atoms with van der Waals surface area (Å²) in [5.41, 5.74) is 3.96. The van der Waals surface area contributed by atoms with E-state index in [1.807, 2.05) is 48.5 Å². The number of likely N-dealkylation sites (N-methyl/N-ethyl adjacent to an activating group) is 1. The maximum Gasteiger partial charge on any atom is 0.190 e. The van der Waals surface area contributed by atoms with Crippen molar-refractivity contribution in [3.8, 4) is 23.1 Å². The van der Waals surface area contributed by atoms with Crippen LogP contribution in [0.15, 0.2) is 53.7 Å². The van der Waals surface area contributed by atoms with Gasteiger partial charge in [-0.3, -0.25) is 0 Å². The molecule has 2 aromatic heterocycles. The van der Waals surface area contributed by atoms with Crippen molar-refractivity contribution in [1.29, 1.82) is 5.26 Å². The predicted molar refractivity (Wildman–Crippen MR) is 134 cm³/mol. The van der Waals surface area contributed by atoms with Gasteiger partial charge in [0.25, 0.3) is 0 Å². The van der Waals surface area contributed by atoms with Crippen molar-refractivity contribution in [1.82, 2.24) is 24.8 Å². The topological polar surface area (TPSA) is 94.0 Å². The van der Waals surface area contributed by atoms with Gasteiger partial charge >= 0.3 is 0 Å².